The number of aromatic hydroxyl groups is 1. The number of benzene rings is 2. The minimum Gasteiger partial charge on any atom is -0.507 e. The lowest BCUT2D eigenvalue weighted by molar-refractivity contribution is 0.317. The van der Waals surface area contributed by atoms with Gasteiger partial charge in [-0.15, -0.1) is 0 Å². The van der Waals surface area contributed by atoms with Crippen LogP contribution in [-0.2, 0) is 0 Å². The fourth-order valence-electron chi connectivity index (χ4n) is 2.86. The fourth-order valence-corrected chi connectivity index (χ4v) is 2.86. The average molecular weight is 323 g/mol. The van der Waals surface area contributed by atoms with Crippen LogP contribution in [0.2, 0.25) is 0 Å². The van der Waals surface area contributed by atoms with Gasteiger partial charge in [-0.25, -0.2) is 4.79 Å². The second-order valence-corrected chi connectivity index (χ2v) is 5.65. The van der Waals surface area contributed by atoms with Crippen molar-refractivity contribution in [2.24, 2.45) is 5.16 Å². The zero-order chi connectivity index (χ0) is 17.1. The first-order chi connectivity index (χ1) is 11.6. The molecule has 0 spiro atoms. The molecule has 0 bridgehead atoms. The summed E-state index contributed by atoms with van der Waals surface area (Å²) in [6.07, 6.45) is 0.289. The summed E-state index contributed by atoms with van der Waals surface area (Å²) in [5, 5.41) is 23.4. The summed E-state index contributed by atoms with van der Waals surface area (Å²) in [5.74, 6) is -0.565. The third-order valence-corrected chi connectivity index (χ3v) is 4.04. The van der Waals surface area contributed by atoms with Crippen LogP contribution in [0, 0.1) is 0 Å². The second kappa shape index (κ2) is 6.58. The van der Waals surface area contributed by atoms with Crippen molar-refractivity contribution in [2.45, 2.75) is 19.3 Å². The largest absolute Gasteiger partial charge is 0.507 e. The van der Waals surface area contributed by atoms with Crippen LogP contribution in [-0.4, -0.2) is 16.0 Å². The van der Waals surface area contributed by atoms with E-state index in [9.17, 15) is 9.90 Å². The van der Waals surface area contributed by atoms with Gasteiger partial charge < -0.3 is 14.7 Å². The lowest BCUT2D eigenvalue weighted by atomic mass is 9.87. The lowest BCUT2D eigenvalue weighted by Gasteiger charge is -2.18. The normalized spacial score (nSPS) is 13.1. The standard InChI is InChI=1S/C19H17NO4/c1-12(20-23)11-15(13-7-3-2-4-8-13)17-18(21)14-9-5-6-10-16(14)24-19(17)22/h2-10,15,21,23H,11H2,1H3/b20-12+. The van der Waals surface area contributed by atoms with Gasteiger partial charge in [-0.1, -0.05) is 47.6 Å². The van der Waals surface area contributed by atoms with Crippen LogP contribution in [0.4, 0.5) is 0 Å². The summed E-state index contributed by atoms with van der Waals surface area (Å²) >= 11 is 0. The van der Waals surface area contributed by atoms with Crippen LogP contribution in [0.3, 0.4) is 0 Å². The topological polar surface area (TPSA) is 83.0 Å². The van der Waals surface area contributed by atoms with E-state index in [1.165, 1.54) is 0 Å². The van der Waals surface area contributed by atoms with E-state index in [4.69, 9.17) is 9.62 Å². The maximum absolute atomic E-state index is 12.5. The average Bonchev–Trinajstić information content (AvgIpc) is 2.61. The number of fused-ring (bicyclic) bond motifs is 1. The molecule has 2 aromatic carbocycles. The molecule has 1 atom stereocenters. The minimum absolute atomic E-state index is 0.0959. The Morgan fingerprint density at radius 1 is 1.12 bits per heavy atom. The van der Waals surface area contributed by atoms with Crippen LogP contribution < -0.4 is 5.63 Å². The maximum atomic E-state index is 12.5. The smallest absolute Gasteiger partial charge is 0.343 e. The van der Waals surface area contributed by atoms with Crippen molar-refractivity contribution >= 4 is 16.7 Å². The van der Waals surface area contributed by atoms with Crippen molar-refractivity contribution < 1.29 is 14.7 Å². The first-order valence-electron chi connectivity index (χ1n) is 7.59. The summed E-state index contributed by atoms with van der Waals surface area (Å²) < 4.78 is 5.37. The molecule has 0 saturated heterocycles. The summed E-state index contributed by atoms with van der Waals surface area (Å²) in [5.41, 5.74) is 1.20. The molecule has 0 aliphatic heterocycles. The molecule has 1 heterocycles. The first kappa shape index (κ1) is 15.8. The quantitative estimate of drug-likeness (QED) is 0.330. The highest BCUT2D eigenvalue weighted by atomic mass is 16.4. The first-order valence-corrected chi connectivity index (χ1v) is 7.59. The van der Waals surface area contributed by atoms with Gasteiger partial charge in [-0.05, 0) is 24.6 Å². The molecule has 0 fully saturated rings. The van der Waals surface area contributed by atoms with Gasteiger partial charge in [-0.3, -0.25) is 0 Å². The number of para-hydroxylation sites is 1. The number of rotatable bonds is 4. The summed E-state index contributed by atoms with van der Waals surface area (Å²) in [6, 6.07) is 16.2. The van der Waals surface area contributed by atoms with E-state index in [0.29, 0.717) is 16.7 Å². The van der Waals surface area contributed by atoms with Crippen molar-refractivity contribution in [1.82, 2.24) is 0 Å². The Morgan fingerprint density at radius 2 is 1.79 bits per heavy atom. The monoisotopic (exact) mass is 323 g/mol. The highest BCUT2D eigenvalue weighted by Gasteiger charge is 2.25. The molecule has 5 nitrogen and oxygen atoms in total. The Hall–Kier alpha value is -3.08. The van der Waals surface area contributed by atoms with Crippen LogP contribution in [0.5, 0.6) is 5.75 Å². The highest BCUT2D eigenvalue weighted by Crippen LogP contribution is 2.36. The molecule has 0 aliphatic rings. The predicted molar refractivity (Wildman–Crippen MR) is 91.9 cm³/mol. The molecule has 122 valence electrons. The molecule has 1 aromatic heterocycles. The van der Waals surface area contributed by atoms with Gasteiger partial charge in [0, 0.05) is 12.3 Å². The van der Waals surface area contributed by atoms with Gasteiger partial charge in [-0.2, -0.15) is 0 Å². The molecule has 0 saturated carbocycles. The Kier molecular flexibility index (Phi) is 4.33. The summed E-state index contributed by atoms with van der Waals surface area (Å²) in [7, 11) is 0. The van der Waals surface area contributed by atoms with Gasteiger partial charge in [0.2, 0.25) is 0 Å². The van der Waals surface area contributed by atoms with Crippen LogP contribution in [0.25, 0.3) is 11.0 Å². The van der Waals surface area contributed by atoms with Crippen LogP contribution in [0.1, 0.15) is 30.4 Å². The van der Waals surface area contributed by atoms with E-state index in [0.717, 1.165) is 5.56 Å². The van der Waals surface area contributed by atoms with Crippen molar-refractivity contribution in [3.05, 3.63) is 76.1 Å². The number of nitrogens with zero attached hydrogens (tertiary/aromatic N) is 1. The highest BCUT2D eigenvalue weighted by molar-refractivity contribution is 5.86. The third-order valence-electron chi connectivity index (χ3n) is 4.04. The molecular weight excluding hydrogens is 306 g/mol. The molecule has 1 unspecified atom stereocenters. The Morgan fingerprint density at radius 3 is 2.50 bits per heavy atom. The second-order valence-electron chi connectivity index (χ2n) is 5.65. The molecule has 0 aliphatic carbocycles. The number of hydrogen-bond acceptors (Lipinski definition) is 5. The zero-order valence-electron chi connectivity index (χ0n) is 13.1. The van der Waals surface area contributed by atoms with Gasteiger partial charge in [0.15, 0.2) is 0 Å². The minimum atomic E-state index is -0.592. The zero-order valence-corrected chi connectivity index (χ0v) is 13.1. The molecule has 5 heteroatoms. The Labute approximate surface area is 138 Å². The summed E-state index contributed by atoms with van der Waals surface area (Å²) in [4.78, 5) is 12.5. The lowest BCUT2D eigenvalue weighted by Crippen LogP contribution is -2.16. The molecule has 3 aromatic rings. The van der Waals surface area contributed by atoms with E-state index in [1.54, 1.807) is 31.2 Å². The molecule has 2 N–H and O–H groups in total. The molecule has 3 rings (SSSR count). The van der Waals surface area contributed by atoms with Gasteiger partial charge in [0.05, 0.1) is 16.7 Å². The fraction of sp³-hybridized carbons (Fsp3) is 0.158. The molecule has 24 heavy (non-hydrogen) atoms. The summed E-state index contributed by atoms with van der Waals surface area (Å²) in [6.45, 7) is 1.66. The van der Waals surface area contributed by atoms with Crippen molar-refractivity contribution in [3.63, 3.8) is 0 Å². The molecule has 0 amide bonds. The SMILES string of the molecule is C/C(CC(c1ccccc1)c1c(O)c2ccccc2oc1=O)=N\O. The van der Waals surface area contributed by atoms with E-state index in [-0.39, 0.29) is 17.7 Å². The van der Waals surface area contributed by atoms with Gasteiger partial charge >= 0.3 is 5.63 Å². The van der Waals surface area contributed by atoms with Crippen molar-refractivity contribution in [2.75, 3.05) is 0 Å². The molecular formula is C19H17NO4. The Balaban J connectivity index is 2.25. The van der Waals surface area contributed by atoms with E-state index in [1.807, 2.05) is 30.3 Å². The van der Waals surface area contributed by atoms with Crippen LogP contribution >= 0.6 is 0 Å². The number of hydrogen-bond donors (Lipinski definition) is 2. The van der Waals surface area contributed by atoms with E-state index < -0.39 is 11.5 Å². The van der Waals surface area contributed by atoms with E-state index >= 15 is 0 Å². The van der Waals surface area contributed by atoms with E-state index in [2.05, 4.69) is 5.16 Å². The van der Waals surface area contributed by atoms with Gasteiger partial charge in [0.25, 0.3) is 0 Å². The van der Waals surface area contributed by atoms with Crippen LogP contribution in [0.15, 0.2) is 69.0 Å². The Bertz CT molecular complexity index is 944. The third kappa shape index (κ3) is 2.88. The van der Waals surface area contributed by atoms with Crippen molar-refractivity contribution in [3.8, 4) is 5.75 Å². The van der Waals surface area contributed by atoms with Crippen molar-refractivity contribution in [1.29, 1.82) is 0 Å². The predicted octanol–water partition coefficient (Wildman–Crippen LogP) is 3.87. The molecule has 0 radical (unpaired) electrons. The maximum Gasteiger partial charge on any atom is 0.343 e. The van der Waals surface area contributed by atoms with Gasteiger partial charge in [0.1, 0.15) is 11.3 Å². The number of oxime groups is 1.